The summed E-state index contributed by atoms with van der Waals surface area (Å²) in [5.41, 5.74) is -0.479. The number of nitrogens with zero attached hydrogens (tertiary/aromatic N) is 4. The number of nitrogens with one attached hydrogen (secondary N) is 3. The van der Waals surface area contributed by atoms with Gasteiger partial charge in [-0.2, -0.15) is 0 Å². The van der Waals surface area contributed by atoms with Crippen molar-refractivity contribution in [2.24, 2.45) is 4.99 Å². The molecule has 9 nitrogen and oxygen atoms in total. The molecule has 0 saturated heterocycles. The Kier molecular flexibility index (Phi) is 8.53. The highest BCUT2D eigenvalue weighted by Gasteiger charge is 2.16. The second kappa shape index (κ2) is 10.9. The van der Waals surface area contributed by atoms with Crippen LogP contribution in [-0.2, 0) is 24.2 Å². The molecular weight excluding hydrogens is 358 g/mol. The van der Waals surface area contributed by atoms with Crippen LogP contribution in [0.2, 0.25) is 0 Å². The van der Waals surface area contributed by atoms with Crippen molar-refractivity contribution in [1.82, 2.24) is 30.7 Å². The number of carbonyl (C=O) groups is 1. The molecule has 28 heavy (non-hydrogen) atoms. The first kappa shape index (κ1) is 22.0. The minimum absolute atomic E-state index is 0.388. The molecule has 0 unspecified atom stereocenters. The standard InChI is InChI=1S/C19H35N7O2/c1-5-20-17(21-11-9-12-22-18(27)28-19(2,3)4)23-14-16-25-24-15-10-7-6-8-13-26(15)16/h5-14H2,1-4H3,(H,22,27)(H2,20,21,23). The molecule has 1 aromatic heterocycles. The molecule has 0 bridgehead atoms. The fourth-order valence-electron chi connectivity index (χ4n) is 2.95. The predicted octanol–water partition coefficient (Wildman–Crippen LogP) is 1.97. The number of aromatic nitrogens is 3. The Morgan fingerprint density at radius 1 is 1.14 bits per heavy atom. The number of alkyl carbamates (subject to hydrolysis) is 1. The van der Waals surface area contributed by atoms with E-state index >= 15 is 0 Å². The first-order valence-electron chi connectivity index (χ1n) is 10.3. The molecule has 2 heterocycles. The topological polar surface area (TPSA) is 105 Å². The van der Waals surface area contributed by atoms with Crippen LogP contribution in [0, 0.1) is 0 Å². The van der Waals surface area contributed by atoms with Gasteiger partial charge in [-0.15, -0.1) is 10.2 Å². The van der Waals surface area contributed by atoms with E-state index < -0.39 is 5.60 Å². The van der Waals surface area contributed by atoms with Gasteiger partial charge < -0.3 is 25.3 Å². The Labute approximate surface area is 167 Å². The molecule has 0 saturated carbocycles. The van der Waals surface area contributed by atoms with Gasteiger partial charge in [-0.1, -0.05) is 6.42 Å². The first-order chi connectivity index (χ1) is 13.4. The highest BCUT2D eigenvalue weighted by molar-refractivity contribution is 5.79. The molecule has 1 amide bonds. The quantitative estimate of drug-likeness (QED) is 0.372. The summed E-state index contributed by atoms with van der Waals surface area (Å²) < 4.78 is 7.43. The second-order valence-corrected chi connectivity index (χ2v) is 7.90. The Balaban J connectivity index is 1.77. The Morgan fingerprint density at radius 2 is 1.93 bits per heavy atom. The van der Waals surface area contributed by atoms with E-state index in [4.69, 9.17) is 4.74 Å². The lowest BCUT2D eigenvalue weighted by atomic mass is 10.2. The molecular formula is C19H35N7O2. The van der Waals surface area contributed by atoms with Gasteiger partial charge in [0.1, 0.15) is 18.0 Å². The number of fused-ring (bicyclic) bond motifs is 1. The molecule has 1 aromatic rings. The van der Waals surface area contributed by atoms with E-state index in [9.17, 15) is 4.79 Å². The van der Waals surface area contributed by atoms with Crippen LogP contribution in [0.3, 0.4) is 0 Å². The fourth-order valence-corrected chi connectivity index (χ4v) is 2.95. The van der Waals surface area contributed by atoms with E-state index in [0.29, 0.717) is 19.6 Å². The zero-order valence-corrected chi connectivity index (χ0v) is 17.7. The fraction of sp³-hybridized carbons (Fsp3) is 0.789. The molecule has 1 aliphatic heterocycles. The Bertz CT molecular complexity index is 649. The van der Waals surface area contributed by atoms with E-state index in [1.165, 1.54) is 19.3 Å². The molecule has 1 aliphatic rings. The predicted molar refractivity (Wildman–Crippen MR) is 109 cm³/mol. The van der Waals surface area contributed by atoms with Crippen molar-refractivity contribution >= 4 is 12.1 Å². The van der Waals surface area contributed by atoms with Crippen molar-refractivity contribution in [2.45, 2.75) is 78.5 Å². The van der Waals surface area contributed by atoms with Gasteiger partial charge in [-0.25, -0.2) is 9.79 Å². The molecule has 0 aromatic carbocycles. The van der Waals surface area contributed by atoms with Crippen molar-refractivity contribution in [3.63, 3.8) is 0 Å². The maximum absolute atomic E-state index is 11.6. The molecule has 0 aliphatic carbocycles. The van der Waals surface area contributed by atoms with Crippen molar-refractivity contribution in [3.8, 4) is 0 Å². The molecule has 0 fully saturated rings. The molecule has 3 N–H and O–H groups in total. The highest BCUT2D eigenvalue weighted by Crippen LogP contribution is 2.14. The van der Waals surface area contributed by atoms with E-state index in [1.54, 1.807) is 0 Å². The number of aliphatic imine (C=N–C) groups is 1. The third-order valence-electron chi connectivity index (χ3n) is 4.22. The van der Waals surface area contributed by atoms with Crippen LogP contribution in [0.1, 0.15) is 65.0 Å². The van der Waals surface area contributed by atoms with Gasteiger partial charge in [0.25, 0.3) is 0 Å². The molecule has 158 valence electrons. The lowest BCUT2D eigenvalue weighted by molar-refractivity contribution is 0.0527. The molecule has 0 atom stereocenters. The minimum atomic E-state index is -0.479. The average Bonchev–Trinajstić information content (AvgIpc) is 2.84. The third kappa shape index (κ3) is 7.74. The average molecular weight is 394 g/mol. The summed E-state index contributed by atoms with van der Waals surface area (Å²) in [5, 5.41) is 17.9. The van der Waals surface area contributed by atoms with E-state index in [-0.39, 0.29) is 6.09 Å². The second-order valence-electron chi connectivity index (χ2n) is 7.90. The van der Waals surface area contributed by atoms with Gasteiger partial charge in [0.15, 0.2) is 11.8 Å². The van der Waals surface area contributed by atoms with Crippen molar-refractivity contribution in [3.05, 3.63) is 11.6 Å². The van der Waals surface area contributed by atoms with E-state index in [0.717, 1.165) is 43.5 Å². The maximum Gasteiger partial charge on any atom is 0.407 e. The minimum Gasteiger partial charge on any atom is -0.444 e. The zero-order valence-electron chi connectivity index (χ0n) is 17.7. The lowest BCUT2D eigenvalue weighted by Crippen LogP contribution is -2.39. The van der Waals surface area contributed by atoms with E-state index in [1.807, 2.05) is 27.7 Å². The highest BCUT2D eigenvalue weighted by atomic mass is 16.6. The van der Waals surface area contributed by atoms with Crippen LogP contribution in [0.5, 0.6) is 0 Å². The van der Waals surface area contributed by atoms with Crippen molar-refractivity contribution in [2.75, 3.05) is 19.6 Å². The van der Waals surface area contributed by atoms with Crippen molar-refractivity contribution < 1.29 is 9.53 Å². The summed E-state index contributed by atoms with van der Waals surface area (Å²) in [6, 6.07) is 0. The number of hydrogen-bond acceptors (Lipinski definition) is 5. The number of amides is 1. The van der Waals surface area contributed by atoms with Gasteiger partial charge in [0, 0.05) is 32.6 Å². The molecule has 2 rings (SSSR count). The first-order valence-corrected chi connectivity index (χ1v) is 10.3. The maximum atomic E-state index is 11.6. The van der Waals surface area contributed by atoms with Gasteiger partial charge >= 0.3 is 6.09 Å². The summed E-state index contributed by atoms with van der Waals surface area (Å²) in [7, 11) is 0. The summed E-state index contributed by atoms with van der Waals surface area (Å²) in [6.45, 7) is 11.1. The van der Waals surface area contributed by atoms with Crippen LogP contribution in [0.4, 0.5) is 4.79 Å². The number of ether oxygens (including phenoxy) is 1. The zero-order chi connectivity index (χ0) is 20.4. The van der Waals surface area contributed by atoms with Crippen LogP contribution < -0.4 is 16.0 Å². The Hall–Kier alpha value is -2.32. The van der Waals surface area contributed by atoms with Gasteiger partial charge in [-0.3, -0.25) is 0 Å². The van der Waals surface area contributed by atoms with Gasteiger partial charge in [0.05, 0.1) is 0 Å². The third-order valence-corrected chi connectivity index (χ3v) is 4.22. The van der Waals surface area contributed by atoms with Crippen LogP contribution in [-0.4, -0.2) is 52.1 Å². The number of guanidine groups is 1. The smallest absolute Gasteiger partial charge is 0.407 e. The summed E-state index contributed by atoms with van der Waals surface area (Å²) in [6.07, 6.45) is 4.98. The van der Waals surface area contributed by atoms with Crippen LogP contribution in [0.15, 0.2) is 4.99 Å². The molecule has 0 spiro atoms. The molecule has 9 heteroatoms. The number of aryl methyl sites for hydroxylation is 1. The summed E-state index contributed by atoms with van der Waals surface area (Å²) >= 11 is 0. The molecule has 0 radical (unpaired) electrons. The SMILES string of the molecule is CCNC(=NCc1nnc2n1CCCCC2)NCCCNC(=O)OC(C)(C)C. The monoisotopic (exact) mass is 393 g/mol. The largest absolute Gasteiger partial charge is 0.444 e. The number of carbonyl (C=O) groups excluding carboxylic acids is 1. The van der Waals surface area contributed by atoms with E-state index in [2.05, 4.69) is 35.7 Å². The number of hydrogen-bond donors (Lipinski definition) is 3. The van der Waals surface area contributed by atoms with Gasteiger partial charge in [-0.05, 0) is 47.0 Å². The summed E-state index contributed by atoms with van der Waals surface area (Å²) in [4.78, 5) is 16.3. The number of rotatable bonds is 7. The normalized spacial score (nSPS) is 14.8. The van der Waals surface area contributed by atoms with Crippen molar-refractivity contribution in [1.29, 1.82) is 0 Å². The van der Waals surface area contributed by atoms with Crippen LogP contribution in [0.25, 0.3) is 0 Å². The van der Waals surface area contributed by atoms with Gasteiger partial charge in [0.2, 0.25) is 0 Å². The van der Waals surface area contributed by atoms with Crippen LogP contribution >= 0.6 is 0 Å². The Morgan fingerprint density at radius 3 is 2.68 bits per heavy atom. The lowest BCUT2D eigenvalue weighted by Gasteiger charge is -2.19. The summed E-state index contributed by atoms with van der Waals surface area (Å²) in [5.74, 6) is 2.74.